The minimum atomic E-state index is 0.759. The molecule has 0 spiro atoms. The van der Waals surface area contributed by atoms with Gasteiger partial charge in [-0.05, 0) is 23.8 Å². The SMILES string of the molecule is COCC[N+]1=C(c2ccccc2)/C(=C\c2ccccc2)CC1. The number of benzene rings is 2. The first-order valence-electron chi connectivity index (χ1n) is 7.81. The van der Waals surface area contributed by atoms with Crippen molar-refractivity contribution in [2.75, 3.05) is 26.8 Å². The predicted octanol–water partition coefficient (Wildman–Crippen LogP) is 3.62. The molecule has 0 amide bonds. The second-order valence-corrected chi connectivity index (χ2v) is 5.52. The molecule has 0 N–H and O–H groups in total. The standard InChI is InChI=1S/C20H22NO/c1-22-15-14-21-13-12-19(16-17-8-4-2-5-9-17)20(21)18-10-6-3-7-11-18/h2-11,16H,12-15H2,1H3/q+1/b19-16-. The van der Waals surface area contributed by atoms with E-state index < -0.39 is 0 Å². The van der Waals surface area contributed by atoms with E-state index in [2.05, 4.69) is 71.3 Å². The van der Waals surface area contributed by atoms with E-state index in [1.54, 1.807) is 7.11 Å². The predicted molar refractivity (Wildman–Crippen MR) is 91.5 cm³/mol. The molecule has 1 heterocycles. The Labute approximate surface area is 132 Å². The van der Waals surface area contributed by atoms with Crippen LogP contribution in [0.5, 0.6) is 0 Å². The summed E-state index contributed by atoms with van der Waals surface area (Å²) in [5.41, 5.74) is 5.31. The zero-order chi connectivity index (χ0) is 15.2. The molecule has 1 aliphatic rings. The molecule has 0 bridgehead atoms. The van der Waals surface area contributed by atoms with Crippen LogP contribution in [-0.4, -0.2) is 37.1 Å². The van der Waals surface area contributed by atoms with Crippen LogP contribution in [0.4, 0.5) is 0 Å². The third kappa shape index (κ3) is 3.34. The third-order valence-corrected chi connectivity index (χ3v) is 4.02. The molecule has 0 fully saturated rings. The smallest absolute Gasteiger partial charge is 0.210 e. The fourth-order valence-corrected chi connectivity index (χ4v) is 2.97. The average Bonchev–Trinajstić information content (AvgIpc) is 2.97. The highest BCUT2D eigenvalue weighted by atomic mass is 16.5. The monoisotopic (exact) mass is 292 g/mol. The van der Waals surface area contributed by atoms with Gasteiger partial charge in [-0.2, -0.15) is 0 Å². The molecule has 2 nitrogen and oxygen atoms in total. The highest BCUT2D eigenvalue weighted by molar-refractivity contribution is 6.12. The molecular formula is C20H22NO+. The number of ether oxygens (including phenoxy) is 1. The highest BCUT2D eigenvalue weighted by Gasteiger charge is 2.28. The lowest BCUT2D eigenvalue weighted by Gasteiger charge is -2.04. The number of hydrogen-bond acceptors (Lipinski definition) is 1. The van der Waals surface area contributed by atoms with Gasteiger partial charge in [-0.15, -0.1) is 0 Å². The fourth-order valence-electron chi connectivity index (χ4n) is 2.97. The van der Waals surface area contributed by atoms with Crippen LogP contribution in [0.25, 0.3) is 6.08 Å². The van der Waals surface area contributed by atoms with Crippen molar-refractivity contribution in [1.29, 1.82) is 0 Å². The zero-order valence-corrected chi connectivity index (χ0v) is 13.0. The largest absolute Gasteiger partial charge is 0.378 e. The Balaban J connectivity index is 2.00. The molecule has 0 aliphatic carbocycles. The van der Waals surface area contributed by atoms with Crippen molar-refractivity contribution in [2.24, 2.45) is 0 Å². The maximum atomic E-state index is 5.27. The summed E-state index contributed by atoms with van der Waals surface area (Å²) in [5, 5.41) is 0. The Morgan fingerprint density at radius 1 is 1.00 bits per heavy atom. The molecule has 0 radical (unpaired) electrons. The molecule has 0 saturated heterocycles. The van der Waals surface area contributed by atoms with E-state index in [0.717, 1.165) is 26.1 Å². The second kappa shape index (κ2) is 7.19. The normalized spacial score (nSPS) is 16.5. The van der Waals surface area contributed by atoms with Crippen LogP contribution in [0.3, 0.4) is 0 Å². The number of methoxy groups -OCH3 is 1. The van der Waals surface area contributed by atoms with Gasteiger partial charge in [-0.25, -0.2) is 4.58 Å². The van der Waals surface area contributed by atoms with Gasteiger partial charge in [0.2, 0.25) is 5.71 Å². The first-order chi connectivity index (χ1) is 10.9. The second-order valence-electron chi connectivity index (χ2n) is 5.52. The van der Waals surface area contributed by atoms with Crippen LogP contribution >= 0.6 is 0 Å². The van der Waals surface area contributed by atoms with E-state index in [-0.39, 0.29) is 0 Å². The summed E-state index contributed by atoms with van der Waals surface area (Å²) < 4.78 is 7.71. The maximum Gasteiger partial charge on any atom is 0.210 e. The number of rotatable bonds is 5. The van der Waals surface area contributed by atoms with Crippen molar-refractivity contribution in [3.05, 3.63) is 77.4 Å². The maximum absolute atomic E-state index is 5.27. The molecule has 0 unspecified atom stereocenters. The lowest BCUT2D eigenvalue weighted by molar-refractivity contribution is -0.522. The average molecular weight is 292 g/mol. The van der Waals surface area contributed by atoms with Gasteiger partial charge < -0.3 is 4.74 Å². The van der Waals surface area contributed by atoms with Crippen LogP contribution in [0, 0.1) is 0 Å². The summed E-state index contributed by atoms with van der Waals surface area (Å²) in [4.78, 5) is 0. The van der Waals surface area contributed by atoms with Crippen molar-refractivity contribution in [2.45, 2.75) is 6.42 Å². The Morgan fingerprint density at radius 3 is 2.36 bits per heavy atom. The Kier molecular flexibility index (Phi) is 4.81. The molecule has 112 valence electrons. The molecule has 0 atom stereocenters. The summed E-state index contributed by atoms with van der Waals surface area (Å²) in [5.74, 6) is 0. The highest BCUT2D eigenvalue weighted by Crippen LogP contribution is 2.21. The molecular weight excluding hydrogens is 270 g/mol. The van der Waals surface area contributed by atoms with Crippen LogP contribution in [0.1, 0.15) is 17.5 Å². The van der Waals surface area contributed by atoms with E-state index in [1.165, 1.54) is 22.4 Å². The molecule has 0 aromatic heterocycles. The van der Waals surface area contributed by atoms with Crippen molar-refractivity contribution >= 4 is 11.8 Å². The minimum absolute atomic E-state index is 0.759. The van der Waals surface area contributed by atoms with E-state index in [1.807, 2.05) is 0 Å². The van der Waals surface area contributed by atoms with Crippen LogP contribution in [0.15, 0.2) is 66.2 Å². The van der Waals surface area contributed by atoms with Crippen molar-refractivity contribution < 1.29 is 9.31 Å². The molecule has 0 saturated carbocycles. The van der Waals surface area contributed by atoms with Crippen LogP contribution in [0.2, 0.25) is 0 Å². The molecule has 3 rings (SSSR count). The van der Waals surface area contributed by atoms with Crippen molar-refractivity contribution in [1.82, 2.24) is 0 Å². The van der Waals surface area contributed by atoms with Gasteiger partial charge >= 0.3 is 0 Å². The fraction of sp³-hybridized carbons (Fsp3) is 0.250. The van der Waals surface area contributed by atoms with Gasteiger partial charge in [-0.1, -0.05) is 48.5 Å². The molecule has 22 heavy (non-hydrogen) atoms. The van der Waals surface area contributed by atoms with Gasteiger partial charge in [0.25, 0.3) is 0 Å². The minimum Gasteiger partial charge on any atom is -0.378 e. The van der Waals surface area contributed by atoms with Crippen LogP contribution in [-0.2, 0) is 4.74 Å². The van der Waals surface area contributed by atoms with E-state index >= 15 is 0 Å². The zero-order valence-electron chi connectivity index (χ0n) is 13.0. The summed E-state index contributed by atoms with van der Waals surface area (Å²) in [6.45, 7) is 2.76. The first-order valence-corrected chi connectivity index (χ1v) is 7.81. The van der Waals surface area contributed by atoms with E-state index in [9.17, 15) is 0 Å². The molecule has 2 heteroatoms. The van der Waals surface area contributed by atoms with Gasteiger partial charge in [0.15, 0.2) is 6.54 Å². The lowest BCUT2D eigenvalue weighted by atomic mass is 10.00. The van der Waals surface area contributed by atoms with Crippen molar-refractivity contribution in [3.63, 3.8) is 0 Å². The Morgan fingerprint density at radius 2 is 1.68 bits per heavy atom. The number of nitrogens with zero attached hydrogens (tertiary/aromatic N) is 1. The van der Waals surface area contributed by atoms with Crippen molar-refractivity contribution in [3.8, 4) is 0 Å². The first kappa shape index (κ1) is 14.7. The number of hydrogen-bond donors (Lipinski definition) is 0. The van der Waals surface area contributed by atoms with E-state index in [0.29, 0.717) is 0 Å². The summed E-state index contributed by atoms with van der Waals surface area (Å²) >= 11 is 0. The van der Waals surface area contributed by atoms with Gasteiger partial charge in [0.1, 0.15) is 13.2 Å². The van der Waals surface area contributed by atoms with Gasteiger partial charge in [0.05, 0.1) is 0 Å². The molecule has 1 aliphatic heterocycles. The molecule has 2 aromatic carbocycles. The van der Waals surface area contributed by atoms with Gasteiger partial charge in [0, 0.05) is 24.7 Å². The van der Waals surface area contributed by atoms with E-state index in [4.69, 9.17) is 4.74 Å². The van der Waals surface area contributed by atoms with Crippen LogP contribution < -0.4 is 0 Å². The quantitative estimate of drug-likeness (QED) is 0.767. The molecule has 2 aromatic rings. The summed E-state index contributed by atoms with van der Waals surface area (Å²) in [6, 6.07) is 21.2. The Bertz CT molecular complexity index is 671. The lowest BCUT2D eigenvalue weighted by Crippen LogP contribution is -2.21. The topological polar surface area (TPSA) is 12.2 Å². The summed E-state index contributed by atoms with van der Waals surface area (Å²) in [6.07, 6.45) is 3.40. The van der Waals surface area contributed by atoms with Gasteiger partial charge in [-0.3, -0.25) is 0 Å². The summed E-state index contributed by atoms with van der Waals surface area (Å²) in [7, 11) is 1.76. The third-order valence-electron chi connectivity index (χ3n) is 4.02. The Hall–Kier alpha value is -2.19.